The summed E-state index contributed by atoms with van der Waals surface area (Å²) in [6.45, 7) is 8.12. The largest absolute Gasteiger partial charge is 0.391 e. The summed E-state index contributed by atoms with van der Waals surface area (Å²) < 4.78 is 1.68. The van der Waals surface area contributed by atoms with Gasteiger partial charge in [0, 0.05) is 43.5 Å². The number of carbonyl (C=O) groups excluding carboxylic acids is 2. The number of aromatic nitrogens is 4. The Hall–Kier alpha value is -3.69. The molecule has 1 saturated heterocycles. The van der Waals surface area contributed by atoms with E-state index in [4.69, 9.17) is 0 Å². The zero-order valence-electron chi connectivity index (χ0n) is 23.3. The summed E-state index contributed by atoms with van der Waals surface area (Å²) in [7, 11) is 0. The summed E-state index contributed by atoms with van der Waals surface area (Å²) in [4.78, 5) is 38.6. The van der Waals surface area contributed by atoms with Gasteiger partial charge < -0.3 is 10.0 Å². The lowest BCUT2D eigenvalue weighted by Crippen LogP contribution is -2.45. The van der Waals surface area contributed by atoms with Crippen LogP contribution in [0.25, 0.3) is 21.6 Å². The molecular weight excluding hydrogens is 522 g/mol. The number of ketones is 1. The molecule has 208 valence electrons. The third-order valence-electron chi connectivity index (χ3n) is 7.71. The average molecular weight is 558 g/mol. The van der Waals surface area contributed by atoms with Crippen LogP contribution < -0.4 is 0 Å². The summed E-state index contributed by atoms with van der Waals surface area (Å²) in [6, 6.07) is 10.8. The molecule has 1 aliphatic rings. The number of aliphatic hydroxyl groups is 1. The van der Waals surface area contributed by atoms with Crippen molar-refractivity contribution in [1.82, 2.24) is 24.6 Å². The van der Waals surface area contributed by atoms with Crippen molar-refractivity contribution in [2.75, 3.05) is 6.54 Å². The number of Topliss-reactive ketones (excluding diaryl/α,β-unsaturated/α-hetero) is 1. The number of β-amino-alcohol motifs (C(OH)–C–C–N with tert-alkyl or cyclic N) is 1. The first-order chi connectivity index (χ1) is 19.2. The molecule has 9 heteroatoms. The Morgan fingerprint density at radius 3 is 2.42 bits per heavy atom. The number of aliphatic hydroxyl groups excluding tert-OH is 1. The van der Waals surface area contributed by atoms with E-state index in [1.54, 1.807) is 39.5 Å². The molecule has 0 spiro atoms. The third-order valence-corrected chi connectivity index (χ3v) is 8.69. The summed E-state index contributed by atoms with van der Waals surface area (Å²) >= 11 is 1.62. The van der Waals surface area contributed by atoms with Gasteiger partial charge in [0.2, 0.25) is 5.91 Å². The van der Waals surface area contributed by atoms with Gasteiger partial charge in [0.05, 0.1) is 34.4 Å². The van der Waals surface area contributed by atoms with Crippen LogP contribution in [0.5, 0.6) is 0 Å². The molecule has 40 heavy (non-hydrogen) atoms. The topological polar surface area (TPSA) is 101 Å². The number of likely N-dealkylation sites (tertiary alicyclic amines) is 1. The Morgan fingerprint density at radius 1 is 1.05 bits per heavy atom. The molecule has 0 unspecified atom stereocenters. The molecule has 4 aromatic rings. The summed E-state index contributed by atoms with van der Waals surface area (Å²) in [5.41, 5.74) is 6.89. The maximum absolute atomic E-state index is 13.9. The molecule has 4 atom stereocenters. The predicted octanol–water partition coefficient (Wildman–Crippen LogP) is 5.30. The number of nitrogens with zero attached hydrogens (tertiary/aromatic N) is 5. The number of hydrogen-bond acceptors (Lipinski definition) is 7. The molecule has 1 N–H and O–H groups in total. The fourth-order valence-electron chi connectivity index (χ4n) is 5.52. The quantitative estimate of drug-likeness (QED) is 0.300. The van der Waals surface area contributed by atoms with Crippen molar-refractivity contribution < 1.29 is 14.7 Å². The summed E-state index contributed by atoms with van der Waals surface area (Å²) in [6.07, 6.45) is 6.86. The van der Waals surface area contributed by atoms with Crippen LogP contribution in [0.2, 0.25) is 0 Å². The maximum Gasteiger partial charge on any atom is 0.248 e. The molecule has 1 aliphatic heterocycles. The van der Waals surface area contributed by atoms with Gasteiger partial charge in [0.25, 0.3) is 0 Å². The Balaban J connectivity index is 1.30. The highest BCUT2D eigenvalue weighted by atomic mass is 32.1. The van der Waals surface area contributed by atoms with E-state index in [1.807, 2.05) is 51.5 Å². The number of carbonyl (C=O) groups is 2. The minimum absolute atomic E-state index is 0.0197. The molecule has 1 aromatic carbocycles. The van der Waals surface area contributed by atoms with E-state index in [2.05, 4.69) is 39.3 Å². The van der Waals surface area contributed by atoms with Crippen molar-refractivity contribution >= 4 is 23.0 Å². The van der Waals surface area contributed by atoms with Gasteiger partial charge in [0.15, 0.2) is 5.78 Å². The van der Waals surface area contributed by atoms with Crippen molar-refractivity contribution in [3.8, 4) is 21.6 Å². The number of amides is 1. The van der Waals surface area contributed by atoms with Crippen LogP contribution in [-0.2, 0) is 9.59 Å². The number of thiazole rings is 1. The Bertz CT molecular complexity index is 1460. The predicted molar refractivity (Wildman–Crippen MR) is 156 cm³/mol. The number of rotatable bonds is 9. The molecule has 1 fully saturated rings. The normalized spacial score (nSPS) is 18.7. The Morgan fingerprint density at radius 2 is 1.77 bits per heavy atom. The van der Waals surface area contributed by atoms with Gasteiger partial charge in [-0.05, 0) is 47.6 Å². The van der Waals surface area contributed by atoms with Gasteiger partial charge in [-0.25, -0.2) is 4.98 Å². The van der Waals surface area contributed by atoms with E-state index in [0.717, 1.165) is 32.8 Å². The first-order valence-corrected chi connectivity index (χ1v) is 14.6. The number of pyridine rings is 1. The lowest BCUT2D eigenvalue weighted by atomic mass is 9.91. The molecule has 3 aromatic heterocycles. The molecule has 0 saturated carbocycles. The van der Waals surface area contributed by atoms with Crippen molar-refractivity contribution in [3.05, 3.63) is 78.0 Å². The van der Waals surface area contributed by atoms with Gasteiger partial charge in [0.1, 0.15) is 6.04 Å². The van der Waals surface area contributed by atoms with Crippen molar-refractivity contribution in [3.63, 3.8) is 0 Å². The molecule has 0 bridgehead atoms. The van der Waals surface area contributed by atoms with E-state index in [-0.39, 0.29) is 36.5 Å². The SMILES string of the molecule is Cc1ncsc1-c1ccc([C@H](C)CC(=O)[C@@H]2C[C@@H](O)CN2C(=O)[C@H](C(C)C)n2cc(-c3ccncc3)cn2)cc1. The van der Waals surface area contributed by atoms with Crippen LogP contribution in [0, 0.1) is 12.8 Å². The minimum Gasteiger partial charge on any atom is -0.391 e. The first-order valence-electron chi connectivity index (χ1n) is 13.7. The van der Waals surface area contributed by atoms with Crippen LogP contribution >= 0.6 is 11.3 Å². The molecule has 0 aliphatic carbocycles. The number of hydrogen-bond donors (Lipinski definition) is 1. The van der Waals surface area contributed by atoms with E-state index in [9.17, 15) is 14.7 Å². The first kappa shape index (κ1) is 27.9. The Kier molecular flexibility index (Phi) is 8.23. The molecule has 1 amide bonds. The standard InChI is InChI=1S/C31H35N5O3S/c1-19(2)29(36-16-25(15-34-36)23-9-11-32-12-10-23)31(39)35-17-26(37)14-27(35)28(38)13-20(3)22-5-7-24(8-6-22)30-21(4)33-18-40-30/h5-12,15-16,18-20,26-27,29,37H,13-14,17H2,1-4H3/t20-,26-,27+,29+/m1/s1. The average Bonchev–Trinajstić information content (AvgIpc) is 3.69. The number of aryl methyl sites for hydroxylation is 1. The van der Waals surface area contributed by atoms with Crippen LogP contribution in [-0.4, -0.2) is 60.1 Å². The minimum atomic E-state index is -0.729. The van der Waals surface area contributed by atoms with Crippen molar-refractivity contribution in [2.45, 2.75) is 64.6 Å². The van der Waals surface area contributed by atoms with Gasteiger partial charge in [-0.2, -0.15) is 5.10 Å². The van der Waals surface area contributed by atoms with E-state index >= 15 is 0 Å². The lowest BCUT2D eigenvalue weighted by Gasteiger charge is -2.30. The number of benzene rings is 1. The van der Waals surface area contributed by atoms with Crippen molar-refractivity contribution in [1.29, 1.82) is 0 Å². The zero-order valence-corrected chi connectivity index (χ0v) is 24.1. The fourth-order valence-corrected chi connectivity index (χ4v) is 6.33. The van der Waals surface area contributed by atoms with E-state index in [1.165, 1.54) is 0 Å². The molecule has 4 heterocycles. The van der Waals surface area contributed by atoms with Crippen LogP contribution in [0.1, 0.15) is 56.8 Å². The second-order valence-corrected chi connectivity index (χ2v) is 11.8. The highest BCUT2D eigenvalue weighted by Gasteiger charge is 2.42. The zero-order chi connectivity index (χ0) is 28.4. The monoisotopic (exact) mass is 557 g/mol. The Labute approximate surface area is 238 Å². The van der Waals surface area contributed by atoms with Gasteiger partial charge in [-0.15, -0.1) is 11.3 Å². The summed E-state index contributed by atoms with van der Waals surface area (Å²) in [5.74, 6) is -0.300. The second kappa shape index (κ2) is 11.8. The smallest absolute Gasteiger partial charge is 0.248 e. The van der Waals surface area contributed by atoms with E-state index < -0.39 is 18.2 Å². The molecular formula is C31H35N5O3S. The highest BCUT2D eigenvalue weighted by Crippen LogP contribution is 2.32. The van der Waals surface area contributed by atoms with Crippen LogP contribution in [0.4, 0.5) is 0 Å². The molecule has 5 rings (SSSR count). The van der Waals surface area contributed by atoms with Gasteiger partial charge >= 0.3 is 0 Å². The van der Waals surface area contributed by atoms with Gasteiger partial charge in [-0.1, -0.05) is 45.0 Å². The molecule has 8 nitrogen and oxygen atoms in total. The molecule has 0 radical (unpaired) electrons. The fraction of sp³-hybridized carbons (Fsp3) is 0.387. The van der Waals surface area contributed by atoms with Crippen molar-refractivity contribution in [2.24, 2.45) is 5.92 Å². The summed E-state index contributed by atoms with van der Waals surface area (Å²) in [5, 5.41) is 15.0. The van der Waals surface area contributed by atoms with Crippen LogP contribution in [0.3, 0.4) is 0 Å². The highest BCUT2D eigenvalue weighted by molar-refractivity contribution is 7.13. The van der Waals surface area contributed by atoms with E-state index in [0.29, 0.717) is 6.42 Å². The van der Waals surface area contributed by atoms with Crippen LogP contribution in [0.15, 0.2) is 66.7 Å². The third kappa shape index (κ3) is 5.76. The maximum atomic E-state index is 13.9. The lowest BCUT2D eigenvalue weighted by molar-refractivity contribution is -0.142. The second-order valence-electron chi connectivity index (χ2n) is 11.0. The van der Waals surface area contributed by atoms with Gasteiger partial charge in [-0.3, -0.25) is 19.3 Å².